The average molecular weight is 448 g/mol. The van der Waals surface area contributed by atoms with E-state index >= 15 is 0 Å². The van der Waals surface area contributed by atoms with E-state index in [-0.39, 0.29) is 11.2 Å². The van der Waals surface area contributed by atoms with Gasteiger partial charge in [0.05, 0.1) is 25.2 Å². The molecular formula is C27H29NO3S. The predicted molar refractivity (Wildman–Crippen MR) is 131 cm³/mol. The molecule has 0 N–H and O–H groups in total. The Morgan fingerprint density at radius 2 is 1.75 bits per heavy atom. The largest absolute Gasteiger partial charge is 0.496 e. The first kappa shape index (κ1) is 21.2. The molecule has 0 saturated carbocycles. The van der Waals surface area contributed by atoms with Crippen LogP contribution in [0.3, 0.4) is 0 Å². The van der Waals surface area contributed by atoms with E-state index in [4.69, 9.17) is 9.47 Å². The number of methoxy groups -OCH3 is 1. The summed E-state index contributed by atoms with van der Waals surface area (Å²) in [5.74, 6) is 1.11. The highest BCUT2D eigenvalue weighted by atomic mass is 32.1. The van der Waals surface area contributed by atoms with Gasteiger partial charge in [-0.15, -0.1) is 11.3 Å². The van der Waals surface area contributed by atoms with E-state index in [0.29, 0.717) is 19.6 Å². The fraction of sp³-hybridized carbons (Fsp3) is 0.370. The fourth-order valence-corrected chi connectivity index (χ4v) is 6.21. The van der Waals surface area contributed by atoms with Crippen molar-refractivity contribution in [3.05, 3.63) is 59.0 Å². The first-order valence-corrected chi connectivity index (χ1v) is 12.0. The lowest BCUT2D eigenvalue weighted by molar-refractivity contribution is 0.0918. The minimum absolute atomic E-state index is 0.0491. The number of hydrogen-bond acceptors (Lipinski definition) is 5. The molecule has 1 fully saturated rings. The molecule has 0 spiro atoms. The molecule has 2 aromatic carbocycles. The van der Waals surface area contributed by atoms with Gasteiger partial charge in [0.2, 0.25) is 0 Å². The molecule has 0 radical (unpaired) electrons. The highest BCUT2D eigenvalue weighted by Crippen LogP contribution is 2.51. The zero-order valence-electron chi connectivity index (χ0n) is 18.9. The highest BCUT2D eigenvalue weighted by molar-refractivity contribution is 7.19. The number of carbonyl (C=O) groups is 1. The van der Waals surface area contributed by atoms with Gasteiger partial charge < -0.3 is 14.4 Å². The first-order valence-electron chi connectivity index (χ1n) is 11.2. The molecule has 1 aliphatic carbocycles. The van der Waals surface area contributed by atoms with Crippen molar-refractivity contribution < 1.29 is 14.3 Å². The maximum atomic E-state index is 13.2. The molecule has 0 unspecified atom stereocenters. The van der Waals surface area contributed by atoms with Gasteiger partial charge in [-0.25, -0.2) is 0 Å². The zero-order valence-corrected chi connectivity index (χ0v) is 19.8. The van der Waals surface area contributed by atoms with Crippen LogP contribution in [0.25, 0.3) is 22.3 Å². The van der Waals surface area contributed by atoms with Crippen LogP contribution in [-0.4, -0.2) is 39.2 Å². The summed E-state index contributed by atoms with van der Waals surface area (Å²) in [6, 6.07) is 16.8. The normalized spacial score (nSPS) is 17.8. The van der Waals surface area contributed by atoms with E-state index in [1.807, 2.05) is 6.07 Å². The third kappa shape index (κ3) is 3.84. The number of rotatable bonds is 4. The van der Waals surface area contributed by atoms with Gasteiger partial charge in [-0.2, -0.15) is 0 Å². The van der Waals surface area contributed by atoms with Crippen molar-refractivity contribution in [1.82, 2.24) is 0 Å². The lowest BCUT2D eigenvalue weighted by Gasteiger charge is -2.30. The molecule has 5 heteroatoms. The van der Waals surface area contributed by atoms with Crippen LogP contribution in [0.15, 0.2) is 48.5 Å². The summed E-state index contributed by atoms with van der Waals surface area (Å²) in [6.45, 7) is 7.49. The standard InChI is InChI=1S/C27H29NO3S/c1-27(2)16-21-24(26(28-11-13-31-14-12-28)32-25(21)22(29)17-27)20-15-19(9-10-23(20)30-3)18-7-5-4-6-8-18/h4-10,15H,11-14,16-17H2,1-3H3. The van der Waals surface area contributed by atoms with Crippen LogP contribution in [0, 0.1) is 5.41 Å². The SMILES string of the molecule is COc1ccc(-c2ccccc2)cc1-c1c(N2CCOCC2)sc2c1CC(C)(C)CC2=O. The Bertz CT molecular complexity index is 1140. The molecule has 0 amide bonds. The van der Waals surface area contributed by atoms with Crippen molar-refractivity contribution in [3.8, 4) is 28.0 Å². The molecule has 1 saturated heterocycles. The van der Waals surface area contributed by atoms with E-state index in [9.17, 15) is 4.79 Å². The second-order valence-corrected chi connectivity index (χ2v) is 10.4. The number of fused-ring (bicyclic) bond motifs is 1. The number of morpholine rings is 1. The number of anilines is 1. The molecule has 0 bridgehead atoms. The van der Waals surface area contributed by atoms with Crippen LogP contribution in [0.5, 0.6) is 5.75 Å². The highest BCUT2D eigenvalue weighted by Gasteiger charge is 2.37. The third-order valence-electron chi connectivity index (χ3n) is 6.41. The van der Waals surface area contributed by atoms with Crippen LogP contribution >= 0.6 is 11.3 Å². The van der Waals surface area contributed by atoms with Gasteiger partial charge in [0.25, 0.3) is 0 Å². The smallest absolute Gasteiger partial charge is 0.173 e. The third-order valence-corrected chi connectivity index (χ3v) is 7.74. The van der Waals surface area contributed by atoms with Crippen molar-refractivity contribution in [2.75, 3.05) is 38.3 Å². The van der Waals surface area contributed by atoms with Crippen molar-refractivity contribution in [2.24, 2.45) is 5.41 Å². The van der Waals surface area contributed by atoms with Gasteiger partial charge >= 0.3 is 0 Å². The van der Waals surface area contributed by atoms with Crippen LogP contribution in [0.1, 0.15) is 35.5 Å². The Hall–Kier alpha value is -2.63. The van der Waals surface area contributed by atoms with Crippen molar-refractivity contribution in [1.29, 1.82) is 0 Å². The van der Waals surface area contributed by atoms with Gasteiger partial charge in [0.1, 0.15) is 10.8 Å². The van der Waals surface area contributed by atoms with E-state index in [0.717, 1.165) is 41.3 Å². The number of nitrogens with zero attached hydrogens (tertiary/aromatic N) is 1. The second-order valence-electron chi connectivity index (χ2n) is 9.41. The number of ether oxygens (including phenoxy) is 2. The Kier molecular flexibility index (Phi) is 5.56. The molecule has 0 atom stereocenters. The average Bonchev–Trinajstić information content (AvgIpc) is 3.18. The number of benzene rings is 2. The van der Waals surface area contributed by atoms with E-state index in [1.165, 1.54) is 21.7 Å². The Morgan fingerprint density at radius 1 is 1.00 bits per heavy atom. The number of Topliss-reactive ketones (excluding diaryl/α,β-unsaturated/α-hetero) is 1. The summed E-state index contributed by atoms with van der Waals surface area (Å²) in [7, 11) is 1.73. The monoisotopic (exact) mass is 447 g/mol. The van der Waals surface area contributed by atoms with Gasteiger partial charge in [-0.05, 0) is 40.7 Å². The summed E-state index contributed by atoms with van der Waals surface area (Å²) in [5, 5.41) is 1.17. The van der Waals surface area contributed by atoms with Gasteiger partial charge in [-0.1, -0.05) is 50.2 Å². The van der Waals surface area contributed by atoms with Gasteiger partial charge in [0, 0.05) is 30.6 Å². The van der Waals surface area contributed by atoms with Gasteiger partial charge in [0.15, 0.2) is 5.78 Å². The Labute approximate surface area is 193 Å². The minimum Gasteiger partial charge on any atom is -0.496 e. The van der Waals surface area contributed by atoms with Crippen molar-refractivity contribution >= 4 is 22.1 Å². The zero-order chi connectivity index (χ0) is 22.3. The van der Waals surface area contributed by atoms with Gasteiger partial charge in [-0.3, -0.25) is 4.79 Å². The molecule has 1 aliphatic heterocycles. The quantitative estimate of drug-likeness (QED) is 0.486. The molecule has 5 rings (SSSR count). The molecule has 1 aromatic heterocycles. The van der Waals surface area contributed by atoms with Crippen LogP contribution < -0.4 is 9.64 Å². The lowest BCUT2D eigenvalue weighted by atomic mass is 9.74. The molecule has 4 nitrogen and oxygen atoms in total. The summed E-state index contributed by atoms with van der Waals surface area (Å²) in [6.07, 6.45) is 1.49. The number of ketones is 1. The topological polar surface area (TPSA) is 38.8 Å². The summed E-state index contributed by atoms with van der Waals surface area (Å²) in [5.41, 5.74) is 5.69. The summed E-state index contributed by atoms with van der Waals surface area (Å²) < 4.78 is 11.5. The minimum atomic E-state index is -0.0491. The second kappa shape index (κ2) is 8.38. The number of carbonyl (C=O) groups excluding carboxylic acids is 1. The first-order chi connectivity index (χ1) is 15.5. The maximum Gasteiger partial charge on any atom is 0.173 e. The maximum absolute atomic E-state index is 13.2. The predicted octanol–water partition coefficient (Wildman–Crippen LogP) is 6.08. The number of thiophene rings is 1. The lowest BCUT2D eigenvalue weighted by Crippen LogP contribution is -2.36. The van der Waals surface area contributed by atoms with E-state index in [1.54, 1.807) is 18.4 Å². The van der Waals surface area contributed by atoms with E-state index in [2.05, 4.69) is 61.2 Å². The van der Waals surface area contributed by atoms with E-state index < -0.39 is 0 Å². The van der Waals surface area contributed by atoms with Crippen LogP contribution in [0.4, 0.5) is 5.00 Å². The molecular weight excluding hydrogens is 418 g/mol. The number of hydrogen-bond donors (Lipinski definition) is 0. The molecule has 3 aromatic rings. The molecule has 2 aliphatic rings. The summed E-state index contributed by atoms with van der Waals surface area (Å²) in [4.78, 5) is 16.5. The fourth-order valence-electron chi connectivity index (χ4n) is 4.88. The summed E-state index contributed by atoms with van der Waals surface area (Å²) >= 11 is 1.66. The molecule has 166 valence electrons. The Morgan fingerprint density at radius 3 is 2.47 bits per heavy atom. The van der Waals surface area contributed by atoms with Crippen molar-refractivity contribution in [2.45, 2.75) is 26.7 Å². The van der Waals surface area contributed by atoms with Crippen LogP contribution in [-0.2, 0) is 11.2 Å². The molecule has 2 heterocycles. The van der Waals surface area contributed by atoms with Crippen molar-refractivity contribution in [3.63, 3.8) is 0 Å². The Balaban J connectivity index is 1.74. The van der Waals surface area contributed by atoms with Crippen LogP contribution in [0.2, 0.25) is 0 Å². The molecule has 32 heavy (non-hydrogen) atoms.